The fourth-order valence-electron chi connectivity index (χ4n) is 5.69. The number of aromatic amines is 1. The highest BCUT2D eigenvalue weighted by molar-refractivity contribution is 7.62. The average molecular weight is 617 g/mol. The van der Waals surface area contributed by atoms with Crippen LogP contribution in [0.5, 0.6) is 5.88 Å². The van der Waals surface area contributed by atoms with Gasteiger partial charge in [-0.2, -0.15) is 0 Å². The molecule has 0 spiro atoms. The number of hydrogen-bond donors (Lipinski definition) is 2. The first-order valence-electron chi connectivity index (χ1n) is 15.3. The van der Waals surface area contributed by atoms with Gasteiger partial charge in [-0.1, -0.05) is 36.8 Å². The Bertz CT molecular complexity index is 1640. The molecule has 1 aromatic heterocycles. The summed E-state index contributed by atoms with van der Waals surface area (Å²) in [6.07, 6.45) is 3.70. The molecule has 9 nitrogen and oxygen atoms in total. The minimum Gasteiger partial charge on any atom is -0.494 e. The van der Waals surface area contributed by atoms with Gasteiger partial charge in [-0.3, -0.25) is 9.36 Å². The molecule has 0 unspecified atom stereocenters. The molecule has 3 aromatic carbocycles. The van der Waals surface area contributed by atoms with E-state index in [1.807, 2.05) is 59.5 Å². The summed E-state index contributed by atoms with van der Waals surface area (Å²) in [5.41, 5.74) is 3.94. The van der Waals surface area contributed by atoms with Crippen molar-refractivity contribution >= 4 is 46.8 Å². The first kappa shape index (κ1) is 31.7. The van der Waals surface area contributed by atoms with E-state index in [-0.39, 0.29) is 25.0 Å². The van der Waals surface area contributed by atoms with Gasteiger partial charge in [0.15, 0.2) is 5.88 Å². The van der Waals surface area contributed by atoms with Crippen molar-refractivity contribution in [2.24, 2.45) is 4.99 Å². The van der Waals surface area contributed by atoms with Crippen molar-refractivity contribution < 1.29 is 23.5 Å². The van der Waals surface area contributed by atoms with Gasteiger partial charge < -0.3 is 28.9 Å². The highest BCUT2D eigenvalue weighted by Gasteiger charge is 2.29. The van der Waals surface area contributed by atoms with Crippen molar-refractivity contribution in [3.05, 3.63) is 83.9 Å². The van der Waals surface area contributed by atoms with E-state index in [1.165, 1.54) is 19.3 Å². The number of piperidine rings is 1. The second kappa shape index (κ2) is 14.4. The highest BCUT2D eigenvalue weighted by Crippen LogP contribution is 2.47. The predicted molar refractivity (Wildman–Crippen MR) is 177 cm³/mol. The molecule has 1 aliphatic heterocycles. The Morgan fingerprint density at radius 2 is 1.66 bits per heavy atom. The average Bonchev–Trinajstić information content (AvgIpc) is 3.36. The van der Waals surface area contributed by atoms with Crippen LogP contribution in [0.1, 0.15) is 51.2 Å². The molecule has 4 aromatic rings. The monoisotopic (exact) mass is 616 g/mol. The lowest BCUT2D eigenvalue weighted by Gasteiger charge is -2.29. The van der Waals surface area contributed by atoms with Crippen molar-refractivity contribution in [3.8, 4) is 5.88 Å². The van der Waals surface area contributed by atoms with Gasteiger partial charge >= 0.3 is 7.60 Å². The van der Waals surface area contributed by atoms with Crippen LogP contribution in [0.4, 0.5) is 11.4 Å². The van der Waals surface area contributed by atoms with Gasteiger partial charge in [-0.15, -0.1) is 0 Å². The molecule has 1 amide bonds. The van der Waals surface area contributed by atoms with Crippen molar-refractivity contribution in [1.29, 1.82) is 0 Å². The summed E-state index contributed by atoms with van der Waals surface area (Å²) in [5.74, 6) is -0.0568. The number of nitrogens with zero attached hydrogens (tertiary/aromatic N) is 3. The number of likely N-dealkylation sites (tertiary alicyclic amines) is 1. The van der Waals surface area contributed by atoms with Gasteiger partial charge in [-0.25, -0.2) is 4.99 Å². The van der Waals surface area contributed by atoms with Crippen molar-refractivity contribution in [2.75, 3.05) is 44.3 Å². The molecule has 0 atom stereocenters. The lowest BCUT2D eigenvalue weighted by atomic mass is 10.0. The molecule has 0 saturated carbocycles. The van der Waals surface area contributed by atoms with E-state index in [0.29, 0.717) is 39.7 Å². The third kappa shape index (κ3) is 7.13. The van der Waals surface area contributed by atoms with E-state index in [0.717, 1.165) is 30.9 Å². The number of aliphatic imine (C=N–C) groups is 1. The number of hydrogen-bond acceptors (Lipinski definition) is 7. The number of H-pyrrole nitrogens is 1. The Labute approximate surface area is 259 Å². The molecule has 5 rings (SSSR count). The minimum atomic E-state index is -3.56. The van der Waals surface area contributed by atoms with Crippen LogP contribution in [-0.2, 0) is 18.4 Å². The molecular weight excluding hydrogens is 575 g/mol. The molecule has 0 aliphatic carbocycles. The SMILES string of the molecule is CCOP(=O)(OCC)c1ccc2[nH]c(O)c(C(=Nc3ccc(N(CCN4CCCCC4)C(C)=O)cc3)c3ccccc3)c2c1. The first-order valence-corrected chi connectivity index (χ1v) is 16.9. The molecule has 1 aliphatic rings. The second-order valence-corrected chi connectivity index (χ2v) is 12.9. The Morgan fingerprint density at radius 1 is 0.977 bits per heavy atom. The summed E-state index contributed by atoms with van der Waals surface area (Å²) >= 11 is 0. The van der Waals surface area contributed by atoms with Gasteiger partial charge in [0.25, 0.3) is 0 Å². The maximum absolute atomic E-state index is 13.6. The summed E-state index contributed by atoms with van der Waals surface area (Å²) < 4.78 is 24.8. The third-order valence-corrected chi connectivity index (χ3v) is 9.94. The normalized spacial score (nSPS) is 14.7. The molecule has 2 N–H and O–H groups in total. The predicted octanol–water partition coefficient (Wildman–Crippen LogP) is 6.77. The Morgan fingerprint density at radius 3 is 2.30 bits per heavy atom. The number of amides is 1. The van der Waals surface area contributed by atoms with Gasteiger partial charge in [-0.05, 0) is 82.2 Å². The third-order valence-electron chi connectivity index (χ3n) is 7.83. The molecule has 10 heteroatoms. The van der Waals surface area contributed by atoms with Gasteiger partial charge in [0, 0.05) is 42.2 Å². The fourth-order valence-corrected chi connectivity index (χ4v) is 7.29. The first-order chi connectivity index (χ1) is 21.3. The van der Waals surface area contributed by atoms with E-state index in [4.69, 9.17) is 14.0 Å². The molecule has 232 valence electrons. The second-order valence-electron chi connectivity index (χ2n) is 10.8. The quantitative estimate of drug-likeness (QED) is 0.134. The van der Waals surface area contributed by atoms with Crippen LogP contribution in [0.2, 0.25) is 0 Å². The summed E-state index contributed by atoms with van der Waals surface area (Å²) in [4.78, 5) is 24.8. The number of anilines is 1. The zero-order valence-corrected chi connectivity index (χ0v) is 26.6. The van der Waals surface area contributed by atoms with Gasteiger partial charge in [0.1, 0.15) is 0 Å². The number of carbonyl (C=O) groups excluding carboxylic acids is 1. The van der Waals surface area contributed by atoms with Crippen LogP contribution < -0.4 is 10.2 Å². The fraction of sp³-hybridized carbons (Fsp3) is 0.353. The van der Waals surface area contributed by atoms with Crippen LogP contribution >= 0.6 is 7.60 Å². The molecule has 0 radical (unpaired) electrons. The van der Waals surface area contributed by atoms with E-state index in [2.05, 4.69) is 9.88 Å². The Balaban J connectivity index is 1.53. The van der Waals surface area contributed by atoms with Gasteiger partial charge in [0.2, 0.25) is 5.91 Å². The molecule has 0 bridgehead atoms. The number of aromatic hydroxyl groups is 1. The number of fused-ring (bicyclic) bond motifs is 1. The molecular formula is C34H41N4O5P. The molecule has 2 heterocycles. The topological polar surface area (TPSA) is 107 Å². The maximum atomic E-state index is 13.6. The van der Waals surface area contributed by atoms with Crippen LogP contribution in [-0.4, -0.2) is 66.0 Å². The van der Waals surface area contributed by atoms with E-state index < -0.39 is 7.60 Å². The van der Waals surface area contributed by atoms with E-state index in [1.54, 1.807) is 39.0 Å². The zero-order chi connectivity index (χ0) is 31.1. The van der Waals surface area contributed by atoms with E-state index in [9.17, 15) is 14.5 Å². The smallest absolute Gasteiger partial charge is 0.361 e. The zero-order valence-electron chi connectivity index (χ0n) is 25.7. The molecule has 1 saturated heterocycles. The maximum Gasteiger partial charge on any atom is 0.361 e. The van der Waals surface area contributed by atoms with Crippen LogP contribution in [0.25, 0.3) is 10.9 Å². The number of benzene rings is 3. The number of nitrogens with one attached hydrogen (secondary N) is 1. The standard InChI is InChI=1S/C34H41N4O5P/c1-4-42-44(41,43-5-2)29-18-19-31-30(24-29)32(34(40)36-31)33(26-12-8-6-9-13-26)35-27-14-16-28(17-15-27)38(25(3)39)23-22-37-20-10-7-11-21-37/h6,8-9,12-19,24,36,40H,4-5,7,10-11,20-23H2,1-3H3. The summed E-state index contributed by atoms with van der Waals surface area (Å²) in [5, 5.41) is 12.2. The molecule has 1 fully saturated rings. The van der Waals surface area contributed by atoms with Crippen molar-refractivity contribution in [2.45, 2.75) is 40.0 Å². The van der Waals surface area contributed by atoms with Crippen molar-refractivity contribution in [3.63, 3.8) is 0 Å². The minimum absolute atomic E-state index is 0.000788. The van der Waals surface area contributed by atoms with Crippen molar-refractivity contribution in [1.82, 2.24) is 9.88 Å². The number of rotatable bonds is 12. The summed E-state index contributed by atoms with van der Waals surface area (Å²) in [7, 11) is -3.56. The molecule has 44 heavy (non-hydrogen) atoms. The van der Waals surface area contributed by atoms with Gasteiger partial charge in [0.05, 0.1) is 35.5 Å². The van der Waals surface area contributed by atoms with E-state index >= 15 is 0 Å². The lowest BCUT2D eigenvalue weighted by molar-refractivity contribution is -0.116. The number of aromatic nitrogens is 1. The summed E-state index contributed by atoms with van der Waals surface area (Å²) in [6, 6.07) is 22.4. The number of carbonyl (C=O) groups is 1. The Hall–Kier alpha value is -3.75. The summed E-state index contributed by atoms with van der Waals surface area (Å²) in [6.45, 7) is 9.24. The van der Waals surface area contributed by atoms with Crippen LogP contribution in [0.3, 0.4) is 0 Å². The largest absolute Gasteiger partial charge is 0.494 e. The Kier molecular flexibility index (Phi) is 10.3. The highest BCUT2D eigenvalue weighted by atomic mass is 31.2. The van der Waals surface area contributed by atoms with Crippen LogP contribution in [0, 0.1) is 0 Å². The lowest BCUT2D eigenvalue weighted by Crippen LogP contribution is -2.39. The van der Waals surface area contributed by atoms with Crippen LogP contribution in [0.15, 0.2) is 77.8 Å².